The van der Waals surface area contributed by atoms with Crippen LogP contribution in [0.3, 0.4) is 0 Å². The second-order valence-electron chi connectivity index (χ2n) is 5.87. The number of carbonyl (C=O) groups is 1. The van der Waals surface area contributed by atoms with Gasteiger partial charge in [-0.1, -0.05) is 37.5 Å². The van der Waals surface area contributed by atoms with Crippen LogP contribution in [0.5, 0.6) is 0 Å². The zero-order valence-electron chi connectivity index (χ0n) is 14.1. The molecule has 122 valence electrons. The summed E-state index contributed by atoms with van der Waals surface area (Å²) in [6, 6.07) is 7.83. The molecule has 2 aromatic rings. The first-order valence-electron chi connectivity index (χ1n) is 8.17. The second kappa shape index (κ2) is 8.32. The molecule has 0 radical (unpaired) electrons. The van der Waals surface area contributed by atoms with Crippen molar-refractivity contribution in [3.8, 4) is 0 Å². The molecule has 0 bridgehead atoms. The van der Waals surface area contributed by atoms with Gasteiger partial charge in [0.1, 0.15) is 0 Å². The monoisotopic (exact) mass is 311 g/mol. The molecule has 4 nitrogen and oxygen atoms in total. The Morgan fingerprint density at radius 1 is 1.13 bits per heavy atom. The summed E-state index contributed by atoms with van der Waals surface area (Å²) in [5, 5.41) is 6.27. The number of carbonyl (C=O) groups excluding carboxylic acids is 1. The van der Waals surface area contributed by atoms with Crippen molar-refractivity contribution in [2.45, 2.75) is 40.0 Å². The number of nitrogens with zero attached hydrogens (tertiary/aromatic N) is 1. The van der Waals surface area contributed by atoms with Crippen LogP contribution in [0.15, 0.2) is 36.7 Å². The van der Waals surface area contributed by atoms with Crippen molar-refractivity contribution in [3.05, 3.63) is 53.3 Å². The molecule has 0 saturated heterocycles. The number of hydrogen-bond acceptors (Lipinski definition) is 3. The van der Waals surface area contributed by atoms with Crippen LogP contribution in [-0.4, -0.2) is 17.4 Å². The van der Waals surface area contributed by atoms with Crippen molar-refractivity contribution in [3.63, 3.8) is 0 Å². The predicted octanol–water partition coefficient (Wildman–Crippen LogP) is 4.55. The van der Waals surface area contributed by atoms with E-state index in [1.807, 2.05) is 32.0 Å². The van der Waals surface area contributed by atoms with E-state index in [0.29, 0.717) is 5.56 Å². The maximum atomic E-state index is 12.4. The molecule has 0 atom stereocenters. The van der Waals surface area contributed by atoms with Gasteiger partial charge in [-0.3, -0.25) is 9.78 Å². The molecule has 0 saturated carbocycles. The minimum Gasteiger partial charge on any atom is -0.384 e. The van der Waals surface area contributed by atoms with Crippen LogP contribution >= 0.6 is 0 Å². The largest absolute Gasteiger partial charge is 0.384 e. The van der Waals surface area contributed by atoms with Crippen LogP contribution in [0.25, 0.3) is 0 Å². The van der Waals surface area contributed by atoms with Crippen LogP contribution < -0.4 is 10.6 Å². The van der Waals surface area contributed by atoms with E-state index in [4.69, 9.17) is 0 Å². The number of hydrogen-bond donors (Lipinski definition) is 2. The van der Waals surface area contributed by atoms with E-state index < -0.39 is 0 Å². The van der Waals surface area contributed by atoms with Crippen LogP contribution in [-0.2, 0) is 0 Å². The maximum absolute atomic E-state index is 12.4. The Balaban J connectivity index is 2.01. The molecular formula is C19H25N3O. The van der Waals surface area contributed by atoms with Gasteiger partial charge in [-0.25, -0.2) is 0 Å². The molecule has 2 N–H and O–H groups in total. The number of benzene rings is 1. The normalized spacial score (nSPS) is 10.4. The lowest BCUT2D eigenvalue weighted by Gasteiger charge is -2.10. The van der Waals surface area contributed by atoms with E-state index in [9.17, 15) is 4.79 Å². The van der Waals surface area contributed by atoms with Gasteiger partial charge < -0.3 is 10.6 Å². The topological polar surface area (TPSA) is 54.0 Å². The molecular weight excluding hydrogens is 286 g/mol. The summed E-state index contributed by atoms with van der Waals surface area (Å²) in [5.41, 5.74) is 4.52. The molecule has 1 amide bonds. The zero-order valence-corrected chi connectivity index (χ0v) is 14.1. The third kappa shape index (κ3) is 5.09. The van der Waals surface area contributed by atoms with Gasteiger partial charge in [0.25, 0.3) is 5.91 Å². The highest BCUT2D eigenvalue weighted by atomic mass is 16.1. The smallest absolute Gasteiger partial charge is 0.257 e. The van der Waals surface area contributed by atoms with Gasteiger partial charge in [0.2, 0.25) is 0 Å². The lowest BCUT2D eigenvalue weighted by Crippen LogP contribution is -2.14. The Bertz CT molecular complexity index is 667. The highest BCUT2D eigenvalue weighted by molar-refractivity contribution is 6.04. The molecule has 1 heterocycles. The molecule has 2 rings (SSSR count). The first-order valence-corrected chi connectivity index (χ1v) is 8.17. The van der Waals surface area contributed by atoms with Crippen molar-refractivity contribution in [2.24, 2.45) is 0 Å². The number of rotatable bonds is 7. The van der Waals surface area contributed by atoms with Gasteiger partial charge in [0.15, 0.2) is 0 Å². The van der Waals surface area contributed by atoms with Crippen molar-refractivity contribution in [1.82, 2.24) is 4.98 Å². The third-order valence-corrected chi connectivity index (χ3v) is 3.74. The molecule has 0 fully saturated rings. The summed E-state index contributed by atoms with van der Waals surface area (Å²) < 4.78 is 0. The average Bonchev–Trinajstić information content (AvgIpc) is 2.54. The Morgan fingerprint density at radius 2 is 1.96 bits per heavy atom. The number of unbranched alkanes of at least 4 members (excludes halogenated alkanes) is 2. The molecule has 0 aliphatic carbocycles. The highest BCUT2D eigenvalue weighted by Crippen LogP contribution is 2.18. The molecule has 0 aliphatic heterocycles. The molecule has 0 spiro atoms. The lowest BCUT2D eigenvalue weighted by atomic mass is 10.1. The summed E-state index contributed by atoms with van der Waals surface area (Å²) in [6.07, 6.45) is 6.86. The molecule has 4 heteroatoms. The minimum absolute atomic E-state index is 0.137. The van der Waals surface area contributed by atoms with Gasteiger partial charge in [0.05, 0.1) is 11.3 Å². The van der Waals surface area contributed by atoms with Crippen LogP contribution in [0, 0.1) is 13.8 Å². The fraction of sp³-hybridized carbons (Fsp3) is 0.368. The standard InChI is InChI=1S/C19H25N3O/c1-4-5-6-9-21-17-11-16(12-20-13-17)19(23)22-18-8-7-14(2)10-15(18)3/h7-8,10-13,21H,4-6,9H2,1-3H3,(H,22,23). The Morgan fingerprint density at radius 3 is 2.70 bits per heavy atom. The van der Waals surface area contributed by atoms with Gasteiger partial charge >= 0.3 is 0 Å². The summed E-state index contributed by atoms with van der Waals surface area (Å²) in [7, 11) is 0. The van der Waals surface area contributed by atoms with Gasteiger partial charge in [0, 0.05) is 24.6 Å². The van der Waals surface area contributed by atoms with E-state index >= 15 is 0 Å². The number of amides is 1. The van der Waals surface area contributed by atoms with Crippen LogP contribution in [0.4, 0.5) is 11.4 Å². The molecule has 0 aliphatic rings. The Labute approximate surface area is 138 Å². The number of aryl methyl sites for hydroxylation is 2. The van der Waals surface area contributed by atoms with Crippen molar-refractivity contribution < 1.29 is 4.79 Å². The number of aromatic nitrogens is 1. The number of pyridine rings is 1. The van der Waals surface area contributed by atoms with Crippen molar-refractivity contribution in [2.75, 3.05) is 17.2 Å². The Hall–Kier alpha value is -2.36. The van der Waals surface area contributed by atoms with E-state index in [2.05, 4.69) is 28.6 Å². The highest BCUT2D eigenvalue weighted by Gasteiger charge is 2.09. The van der Waals surface area contributed by atoms with Crippen LogP contribution in [0.1, 0.15) is 47.7 Å². The molecule has 1 aromatic carbocycles. The Kier molecular flexibility index (Phi) is 6.15. The van der Waals surface area contributed by atoms with E-state index in [0.717, 1.165) is 29.9 Å². The molecule has 1 aromatic heterocycles. The SMILES string of the molecule is CCCCCNc1cncc(C(=O)Nc2ccc(C)cc2C)c1. The predicted molar refractivity (Wildman–Crippen MR) is 96.1 cm³/mol. The van der Waals surface area contributed by atoms with E-state index in [1.54, 1.807) is 12.4 Å². The molecule has 0 unspecified atom stereocenters. The fourth-order valence-electron chi connectivity index (χ4n) is 2.42. The van der Waals surface area contributed by atoms with Gasteiger partial charge in [-0.2, -0.15) is 0 Å². The minimum atomic E-state index is -0.137. The summed E-state index contributed by atoms with van der Waals surface area (Å²) >= 11 is 0. The maximum Gasteiger partial charge on any atom is 0.257 e. The van der Waals surface area contributed by atoms with Crippen LogP contribution in [0.2, 0.25) is 0 Å². The first-order chi connectivity index (χ1) is 11.1. The quantitative estimate of drug-likeness (QED) is 0.737. The number of nitrogens with one attached hydrogen (secondary N) is 2. The fourth-order valence-corrected chi connectivity index (χ4v) is 2.42. The molecule has 23 heavy (non-hydrogen) atoms. The van der Waals surface area contributed by atoms with Crippen molar-refractivity contribution in [1.29, 1.82) is 0 Å². The van der Waals surface area contributed by atoms with Gasteiger partial charge in [-0.15, -0.1) is 0 Å². The summed E-state index contributed by atoms with van der Waals surface area (Å²) in [5.74, 6) is -0.137. The second-order valence-corrected chi connectivity index (χ2v) is 5.87. The van der Waals surface area contributed by atoms with Crippen molar-refractivity contribution >= 4 is 17.3 Å². The van der Waals surface area contributed by atoms with E-state index in [1.165, 1.54) is 18.4 Å². The summed E-state index contributed by atoms with van der Waals surface area (Å²) in [6.45, 7) is 7.11. The summed E-state index contributed by atoms with van der Waals surface area (Å²) in [4.78, 5) is 16.6. The number of anilines is 2. The lowest BCUT2D eigenvalue weighted by molar-refractivity contribution is 0.102. The average molecular weight is 311 g/mol. The van der Waals surface area contributed by atoms with E-state index in [-0.39, 0.29) is 5.91 Å². The zero-order chi connectivity index (χ0) is 16.7. The van der Waals surface area contributed by atoms with Gasteiger partial charge in [-0.05, 0) is 38.0 Å². The first kappa shape index (κ1) is 17.0. The third-order valence-electron chi connectivity index (χ3n) is 3.74.